The van der Waals surface area contributed by atoms with Gasteiger partial charge in [-0.25, -0.2) is 0 Å². The summed E-state index contributed by atoms with van der Waals surface area (Å²) in [7, 11) is 2.61. The summed E-state index contributed by atoms with van der Waals surface area (Å²) in [6, 6.07) is 13.7. The molecule has 1 N–H and O–H groups in total. The fourth-order valence-corrected chi connectivity index (χ4v) is 5.86. The van der Waals surface area contributed by atoms with Gasteiger partial charge in [0.1, 0.15) is 5.75 Å². The lowest BCUT2D eigenvalue weighted by molar-refractivity contribution is -0.271. The van der Waals surface area contributed by atoms with E-state index in [9.17, 15) is 18.0 Å². The van der Waals surface area contributed by atoms with Crippen LogP contribution in [0.2, 0.25) is 0 Å². The third-order valence-corrected chi connectivity index (χ3v) is 7.91. The van der Waals surface area contributed by atoms with Crippen LogP contribution in [0, 0.1) is 12.3 Å². The third-order valence-electron chi connectivity index (χ3n) is 7.91. The second-order valence-corrected chi connectivity index (χ2v) is 9.65. The number of aryl methyl sites for hydroxylation is 1. The van der Waals surface area contributed by atoms with Crippen LogP contribution in [-0.2, 0) is 15.1 Å². The van der Waals surface area contributed by atoms with E-state index in [-0.39, 0.29) is 30.0 Å². The number of halogens is 3. The number of para-hydroxylation sites is 1. The van der Waals surface area contributed by atoms with E-state index in [0.717, 1.165) is 43.5 Å². The molecule has 2 aliphatic heterocycles. The molecule has 2 aliphatic rings. The molecule has 4 rings (SSSR count). The number of rotatable bonds is 5. The zero-order valence-electron chi connectivity index (χ0n) is 20.5. The summed E-state index contributed by atoms with van der Waals surface area (Å²) in [5.74, 6) is -0.0838. The van der Waals surface area contributed by atoms with Crippen molar-refractivity contribution in [2.24, 2.45) is 5.41 Å². The number of benzene rings is 2. The van der Waals surface area contributed by atoms with Crippen LogP contribution in [0.1, 0.15) is 41.9 Å². The highest BCUT2D eigenvalue weighted by Gasteiger charge is 2.64. The normalized spacial score (nSPS) is 22.0. The maximum absolute atomic E-state index is 14.5. The first-order valence-electron chi connectivity index (χ1n) is 12.0. The Balaban J connectivity index is 1.62. The fraction of sp³-hybridized carbons (Fsp3) is 0.519. The molecule has 2 unspecified atom stereocenters. The Morgan fingerprint density at radius 1 is 1.03 bits per heavy atom. The lowest BCUT2D eigenvalue weighted by Gasteiger charge is -2.51. The van der Waals surface area contributed by atoms with Gasteiger partial charge in [0.05, 0.1) is 7.11 Å². The van der Waals surface area contributed by atoms with Crippen molar-refractivity contribution in [3.05, 3.63) is 65.2 Å². The van der Waals surface area contributed by atoms with Gasteiger partial charge in [0.15, 0.2) is 0 Å². The maximum atomic E-state index is 14.5. The molecule has 2 atom stereocenters. The minimum Gasteiger partial charge on any atom is -0.496 e. The molecule has 2 saturated heterocycles. The van der Waals surface area contributed by atoms with E-state index in [1.165, 1.54) is 17.0 Å². The summed E-state index contributed by atoms with van der Waals surface area (Å²) < 4.78 is 54.1. The maximum Gasteiger partial charge on any atom is 0.430 e. The van der Waals surface area contributed by atoms with Crippen LogP contribution in [0.15, 0.2) is 48.5 Å². The third kappa shape index (κ3) is 4.42. The molecule has 2 heterocycles. The molecule has 0 aromatic heterocycles. The Labute approximate surface area is 204 Å². The molecule has 0 saturated carbocycles. The van der Waals surface area contributed by atoms with Crippen molar-refractivity contribution in [3.8, 4) is 5.75 Å². The largest absolute Gasteiger partial charge is 0.496 e. The molecule has 35 heavy (non-hydrogen) atoms. The smallest absolute Gasteiger partial charge is 0.430 e. The van der Waals surface area contributed by atoms with Crippen molar-refractivity contribution in [1.29, 1.82) is 0 Å². The standard InChI is InChI=1S/C27H33F3N2O3/c1-19-8-10-20(11-9-19)26(35-3,27(28,29)30)24(33)32-16-13-25(14-17-32)12-15-31-18-22(25)21-6-4-5-7-23(21)34-2/h4-11,22,31H,12-18H2,1-3H3. The van der Waals surface area contributed by atoms with E-state index >= 15 is 0 Å². The predicted octanol–water partition coefficient (Wildman–Crippen LogP) is 4.79. The highest BCUT2D eigenvalue weighted by molar-refractivity contribution is 5.88. The van der Waals surface area contributed by atoms with Gasteiger partial charge in [0.2, 0.25) is 0 Å². The number of nitrogens with one attached hydrogen (secondary N) is 1. The number of likely N-dealkylation sites (tertiary alicyclic amines) is 1. The van der Waals surface area contributed by atoms with E-state index in [4.69, 9.17) is 9.47 Å². The number of amides is 1. The second kappa shape index (κ2) is 9.82. The quantitative estimate of drug-likeness (QED) is 0.655. The summed E-state index contributed by atoms with van der Waals surface area (Å²) in [5, 5.41) is 3.46. The summed E-state index contributed by atoms with van der Waals surface area (Å²) in [5.41, 5.74) is -1.43. The number of alkyl halides is 3. The van der Waals surface area contributed by atoms with E-state index in [0.29, 0.717) is 12.8 Å². The van der Waals surface area contributed by atoms with Crippen molar-refractivity contribution in [1.82, 2.24) is 10.2 Å². The molecule has 0 aliphatic carbocycles. The number of methoxy groups -OCH3 is 2. The number of carbonyl (C=O) groups excluding carboxylic acids is 1. The van der Waals surface area contributed by atoms with Gasteiger partial charge in [-0.3, -0.25) is 4.79 Å². The van der Waals surface area contributed by atoms with Gasteiger partial charge in [-0.05, 0) is 49.8 Å². The molecule has 2 aromatic rings. The molecular weight excluding hydrogens is 457 g/mol. The summed E-state index contributed by atoms with van der Waals surface area (Å²) in [6.07, 6.45) is -2.77. The Kier molecular flexibility index (Phi) is 7.16. The minimum absolute atomic E-state index is 0.117. The van der Waals surface area contributed by atoms with Gasteiger partial charge in [0.25, 0.3) is 11.5 Å². The van der Waals surface area contributed by atoms with Gasteiger partial charge in [-0.2, -0.15) is 13.2 Å². The molecule has 1 spiro atoms. The van der Waals surface area contributed by atoms with Gasteiger partial charge in [-0.15, -0.1) is 0 Å². The number of hydrogen-bond acceptors (Lipinski definition) is 4. The van der Waals surface area contributed by atoms with E-state index in [1.807, 2.05) is 18.2 Å². The molecule has 2 aromatic carbocycles. The Bertz CT molecular complexity index is 1030. The van der Waals surface area contributed by atoms with Crippen LogP contribution in [0.5, 0.6) is 5.75 Å². The van der Waals surface area contributed by atoms with Gasteiger partial charge in [0, 0.05) is 38.2 Å². The van der Waals surface area contributed by atoms with Crippen LogP contribution in [0.25, 0.3) is 0 Å². The van der Waals surface area contributed by atoms with Crippen molar-refractivity contribution >= 4 is 5.91 Å². The number of carbonyl (C=O) groups is 1. The Morgan fingerprint density at radius 3 is 2.29 bits per heavy atom. The molecule has 0 radical (unpaired) electrons. The van der Waals surface area contributed by atoms with E-state index < -0.39 is 17.7 Å². The number of piperidine rings is 2. The number of ether oxygens (including phenoxy) is 2. The molecule has 8 heteroatoms. The van der Waals surface area contributed by atoms with Crippen LogP contribution in [0.4, 0.5) is 13.2 Å². The first-order valence-corrected chi connectivity index (χ1v) is 12.0. The molecular formula is C27H33F3N2O3. The zero-order valence-corrected chi connectivity index (χ0v) is 20.5. The lowest BCUT2D eigenvalue weighted by atomic mass is 9.62. The summed E-state index contributed by atoms with van der Waals surface area (Å²) in [6.45, 7) is 3.89. The minimum atomic E-state index is -4.90. The molecule has 2 fully saturated rings. The second-order valence-electron chi connectivity index (χ2n) is 9.65. The van der Waals surface area contributed by atoms with Crippen LogP contribution in [-0.4, -0.2) is 57.4 Å². The van der Waals surface area contributed by atoms with Crippen LogP contribution < -0.4 is 10.1 Å². The SMILES string of the molecule is COc1ccccc1C1CNCCC12CCN(C(=O)C(OC)(c1ccc(C)cc1)C(F)(F)F)CC2. The fourth-order valence-electron chi connectivity index (χ4n) is 5.86. The molecule has 0 bridgehead atoms. The first-order chi connectivity index (χ1) is 16.7. The van der Waals surface area contributed by atoms with E-state index in [2.05, 4.69) is 11.4 Å². The summed E-state index contributed by atoms with van der Waals surface area (Å²) in [4.78, 5) is 14.9. The zero-order chi connectivity index (χ0) is 25.3. The van der Waals surface area contributed by atoms with Crippen molar-refractivity contribution < 1.29 is 27.4 Å². The topological polar surface area (TPSA) is 50.8 Å². The van der Waals surface area contributed by atoms with Crippen molar-refractivity contribution in [3.63, 3.8) is 0 Å². The van der Waals surface area contributed by atoms with Gasteiger partial charge < -0.3 is 19.7 Å². The van der Waals surface area contributed by atoms with Crippen molar-refractivity contribution in [2.75, 3.05) is 40.4 Å². The first kappa shape index (κ1) is 25.5. The number of hydrogen-bond donors (Lipinski definition) is 1. The lowest BCUT2D eigenvalue weighted by Crippen LogP contribution is -2.59. The van der Waals surface area contributed by atoms with Gasteiger partial charge >= 0.3 is 6.18 Å². The Hall–Kier alpha value is -2.58. The van der Waals surface area contributed by atoms with Crippen LogP contribution in [0.3, 0.4) is 0 Å². The molecule has 1 amide bonds. The number of nitrogens with zero attached hydrogens (tertiary/aromatic N) is 1. The predicted molar refractivity (Wildman–Crippen MR) is 127 cm³/mol. The Morgan fingerprint density at radius 2 is 1.69 bits per heavy atom. The monoisotopic (exact) mass is 490 g/mol. The summed E-state index contributed by atoms with van der Waals surface area (Å²) >= 11 is 0. The van der Waals surface area contributed by atoms with E-state index in [1.54, 1.807) is 26.2 Å². The highest BCUT2D eigenvalue weighted by Crippen LogP contribution is 2.51. The average molecular weight is 491 g/mol. The average Bonchev–Trinajstić information content (AvgIpc) is 2.85. The van der Waals surface area contributed by atoms with Crippen molar-refractivity contribution in [2.45, 2.75) is 43.9 Å². The molecule has 5 nitrogen and oxygen atoms in total. The van der Waals surface area contributed by atoms with Gasteiger partial charge in [-0.1, -0.05) is 48.0 Å². The highest BCUT2D eigenvalue weighted by atomic mass is 19.4. The van der Waals surface area contributed by atoms with Crippen LogP contribution >= 0.6 is 0 Å². The molecule has 190 valence electrons.